The normalized spacial score (nSPS) is 22.0. The van der Waals surface area contributed by atoms with Crippen molar-refractivity contribution in [3.8, 4) is 0 Å². The van der Waals surface area contributed by atoms with Crippen molar-refractivity contribution < 1.29 is 14.7 Å². The number of aliphatic carboxylic acids is 1. The number of carboxylic acid groups (broad SMARTS) is 1. The maximum absolute atomic E-state index is 12.0. The van der Waals surface area contributed by atoms with Gasteiger partial charge in [-0.05, 0) is 40.4 Å². The molecule has 110 valence electrons. The lowest BCUT2D eigenvalue weighted by molar-refractivity contribution is -0.142. The van der Waals surface area contributed by atoms with E-state index in [9.17, 15) is 9.59 Å². The Hall–Kier alpha value is -1.08. The average Bonchev–Trinajstić information content (AvgIpc) is 2.95. The summed E-state index contributed by atoms with van der Waals surface area (Å²) in [7, 11) is 0. The second-order valence-corrected chi connectivity index (χ2v) is 7.56. The van der Waals surface area contributed by atoms with E-state index < -0.39 is 11.9 Å². The van der Waals surface area contributed by atoms with E-state index >= 15 is 0 Å². The molecular weight excluding hydrogens is 344 g/mol. The van der Waals surface area contributed by atoms with Crippen molar-refractivity contribution in [1.82, 2.24) is 10.2 Å². The molecule has 2 amide bonds. The van der Waals surface area contributed by atoms with Crippen LogP contribution in [0.15, 0.2) is 15.9 Å². The molecule has 1 saturated heterocycles. The number of likely N-dealkylation sites (tertiary alicyclic amines) is 1. The quantitative estimate of drug-likeness (QED) is 0.865. The highest BCUT2D eigenvalue weighted by Gasteiger charge is 2.36. The van der Waals surface area contributed by atoms with Gasteiger partial charge in [-0.3, -0.25) is 4.79 Å². The van der Waals surface area contributed by atoms with Crippen molar-refractivity contribution in [2.75, 3.05) is 19.6 Å². The second-order valence-electron chi connectivity index (χ2n) is 5.01. The highest BCUT2D eigenvalue weighted by Crippen LogP contribution is 2.23. The minimum Gasteiger partial charge on any atom is -0.481 e. The van der Waals surface area contributed by atoms with Crippen LogP contribution in [-0.4, -0.2) is 41.6 Å². The highest BCUT2D eigenvalue weighted by molar-refractivity contribution is 9.11. The molecule has 2 atom stereocenters. The lowest BCUT2D eigenvalue weighted by atomic mass is 9.99. The van der Waals surface area contributed by atoms with Gasteiger partial charge in [-0.25, -0.2) is 4.79 Å². The molecule has 0 spiro atoms. The first-order valence-electron chi connectivity index (χ1n) is 6.47. The van der Waals surface area contributed by atoms with Crippen LogP contribution in [0.3, 0.4) is 0 Å². The molecule has 5 nitrogen and oxygen atoms in total. The molecule has 20 heavy (non-hydrogen) atoms. The summed E-state index contributed by atoms with van der Waals surface area (Å²) in [6, 6.07) is 3.84. The van der Waals surface area contributed by atoms with Crippen molar-refractivity contribution in [1.29, 1.82) is 0 Å². The van der Waals surface area contributed by atoms with Gasteiger partial charge in [0.1, 0.15) is 0 Å². The fourth-order valence-corrected chi connectivity index (χ4v) is 3.83. The lowest BCUT2D eigenvalue weighted by Crippen LogP contribution is -2.39. The van der Waals surface area contributed by atoms with Gasteiger partial charge in [-0.2, -0.15) is 0 Å². The van der Waals surface area contributed by atoms with Crippen LogP contribution < -0.4 is 5.32 Å². The molecule has 2 heterocycles. The Morgan fingerprint density at radius 3 is 2.80 bits per heavy atom. The average molecular weight is 361 g/mol. The van der Waals surface area contributed by atoms with Gasteiger partial charge in [0.2, 0.25) is 0 Å². The number of carbonyl (C=O) groups is 2. The SMILES string of the molecule is CC1CN(C(=O)NCCc2ccc(Br)s2)CC1C(=O)O. The van der Waals surface area contributed by atoms with Crippen molar-refractivity contribution in [2.45, 2.75) is 13.3 Å². The minimum atomic E-state index is -0.823. The Labute approximate surface area is 130 Å². The molecule has 1 aliphatic heterocycles. The Morgan fingerprint density at radius 2 is 2.25 bits per heavy atom. The molecule has 2 N–H and O–H groups in total. The number of carboxylic acids is 1. The summed E-state index contributed by atoms with van der Waals surface area (Å²) in [6.45, 7) is 3.24. The number of rotatable bonds is 4. The van der Waals surface area contributed by atoms with Crippen molar-refractivity contribution in [3.63, 3.8) is 0 Å². The Balaban J connectivity index is 1.77. The Morgan fingerprint density at radius 1 is 1.50 bits per heavy atom. The van der Waals surface area contributed by atoms with Gasteiger partial charge in [-0.15, -0.1) is 11.3 Å². The third-order valence-electron chi connectivity index (χ3n) is 3.49. The second kappa shape index (κ2) is 6.58. The molecule has 0 aromatic carbocycles. The monoisotopic (exact) mass is 360 g/mol. The van der Waals surface area contributed by atoms with E-state index in [0.717, 1.165) is 10.2 Å². The van der Waals surface area contributed by atoms with Gasteiger partial charge < -0.3 is 15.3 Å². The van der Waals surface area contributed by atoms with E-state index in [0.29, 0.717) is 19.6 Å². The van der Waals surface area contributed by atoms with E-state index in [-0.39, 0.29) is 11.9 Å². The predicted octanol–water partition coefficient (Wildman–Crippen LogP) is 2.42. The molecule has 1 aliphatic rings. The molecule has 0 aliphatic carbocycles. The van der Waals surface area contributed by atoms with Crippen LogP contribution in [-0.2, 0) is 11.2 Å². The van der Waals surface area contributed by atoms with E-state index in [1.165, 1.54) is 4.88 Å². The Kier molecular flexibility index (Phi) is 5.04. The maximum atomic E-state index is 12.0. The molecule has 1 aromatic heterocycles. The van der Waals surface area contributed by atoms with E-state index in [2.05, 4.69) is 21.2 Å². The molecule has 0 saturated carbocycles. The number of thiophene rings is 1. The number of nitrogens with zero attached hydrogens (tertiary/aromatic N) is 1. The molecule has 2 rings (SSSR count). The fourth-order valence-electron chi connectivity index (χ4n) is 2.34. The van der Waals surface area contributed by atoms with Crippen LogP contribution in [0.1, 0.15) is 11.8 Å². The number of hydrogen-bond acceptors (Lipinski definition) is 3. The number of hydrogen-bond donors (Lipinski definition) is 2. The minimum absolute atomic E-state index is 0.00602. The van der Waals surface area contributed by atoms with Crippen LogP contribution in [0.2, 0.25) is 0 Å². The summed E-state index contributed by atoms with van der Waals surface area (Å²) < 4.78 is 1.08. The number of amides is 2. The largest absolute Gasteiger partial charge is 0.481 e. The van der Waals surface area contributed by atoms with Crippen LogP contribution in [0.4, 0.5) is 4.79 Å². The predicted molar refractivity (Wildman–Crippen MR) is 81.0 cm³/mol. The third kappa shape index (κ3) is 3.73. The Bertz CT molecular complexity index is 506. The molecule has 2 unspecified atom stereocenters. The van der Waals surface area contributed by atoms with Crippen molar-refractivity contribution in [3.05, 3.63) is 20.8 Å². The van der Waals surface area contributed by atoms with Gasteiger partial charge in [0.05, 0.1) is 9.70 Å². The zero-order chi connectivity index (χ0) is 14.7. The molecule has 7 heteroatoms. The van der Waals surface area contributed by atoms with Gasteiger partial charge in [-0.1, -0.05) is 6.92 Å². The van der Waals surface area contributed by atoms with Gasteiger partial charge in [0.25, 0.3) is 0 Å². The van der Waals surface area contributed by atoms with Crippen molar-refractivity contribution in [2.24, 2.45) is 11.8 Å². The third-order valence-corrected chi connectivity index (χ3v) is 5.18. The summed E-state index contributed by atoms with van der Waals surface area (Å²) in [6.07, 6.45) is 0.785. The van der Waals surface area contributed by atoms with Crippen LogP contribution in [0, 0.1) is 11.8 Å². The molecular formula is C13H17BrN2O3S. The lowest BCUT2D eigenvalue weighted by Gasteiger charge is -2.16. The summed E-state index contributed by atoms with van der Waals surface area (Å²) >= 11 is 5.05. The smallest absolute Gasteiger partial charge is 0.317 e. The first kappa shape index (κ1) is 15.3. The summed E-state index contributed by atoms with van der Waals surface area (Å²) in [4.78, 5) is 25.8. The number of carbonyl (C=O) groups excluding carboxylic acids is 1. The zero-order valence-corrected chi connectivity index (χ0v) is 13.5. The summed E-state index contributed by atoms with van der Waals surface area (Å²) in [5.74, 6) is -1.27. The standard InChI is InChI=1S/C13H17BrN2O3S/c1-8-6-16(7-10(8)12(17)18)13(19)15-5-4-9-2-3-11(14)20-9/h2-3,8,10H,4-7H2,1H3,(H,15,19)(H,17,18). The summed E-state index contributed by atoms with van der Waals surface area (Å²) in [5, 5.41) is 11.9. The van der Waals surface area contributed by atoms with E-state index in [1.54, 1.807) is 16.2 Å². The molecule has 0 radical (unpaired) electrons. The first-order chi connectivity index (χ1) is 9.47. The fraction of sp³-hybridized carbons (Fsp3) is 0.538. The molecule has 0 bridgehead atoms. The number of halogens is 1. The number of nitrogens with one attached hydrogen (secondary N) is 1. The van der Waals surface area contributed by atoms with Gasteiger partial charge in [0.15, 0.2) is 0 Å². The van der Waals surface area contributed by atoms with Crippen LogP contribution in [0.25, 0.3) is 0 Å². The molecule has 1 aromatic rings. The van der Waals surface area contributed by atoms with Crippen LogP contribution in [0.5, 0.6) is 0 Å². The number of urea groups is 1. The summed E-state index contributed by atoms with van der Waals surface area (Å²) in [5.41, 5.74) is 0. The van der Waals surface area contributed by atoms with Crippen molar-refractivity contribution >= 4 is 39.3 Å². The highest BCUT2D eigenvalue weighted by atomic mass is 79.9. The van der Waals surface area contributed by atoms with Crippen LogP contribution >= 0.6 is 27.3 Å². The van der Waals surface area contributed by atoms with E-state index in [4.69, 9.17) is 5.11 Å². The zero-order valence-electron chi connectivity index (χ0n) is 11.1. The first-order valence-corrected chi connectivity index (χ1v) is 8.08. The topological polar surface area (TPSA) is 69.6 Å². The maximum Gasteiger partial charge on any atom is 0.317 e. The van der Waals surface area contributed by atoms with Gasteiger partial charge >= 0.3 is 12.0 Å². The van der Waals surface area contributed by atoms with Gasteiger partial charge in [0, 0.05) is 24.5 Å². The van der Waals surface area contributed by atoms with E-state index in [1.807, 2.05) is 19.1 Å². The molecule has 1 fully saturated rings.